The van der Waals surface area contributed by atoms with Crippen LogP contribution in [0.25, 0.3) is 11.3 Å². The number of benzene rings is 1. The Morgan fingerprint density at radius 2 is 1.62 bits per heavy atom. The number of ketones is 1. The summed E-state index contributed by atoms with van der Waals surface area (Å²) in [6.07, 6.45) is 5.61. The molecule has 0 aliphatic rings. The van der Waals surface area contributed by atoms with Crippen LogP contribution in [-0.4, -0.2) is 37.4 Å². The summed E-state index contributed by atoms with van der Waals surface area (Å²) < 4.78 is 11.3. The highest BCUT2D eigenvalue weighted by Crippen LogP contribution is 2.18. The van der Waals surface area contributed by atoms with Crippen LogP contribution in [0.2, 0.25) is 0 Å². The van der Waals surface area contributed by atoms with Gasteiger partial charge in [-0.15, -0.1) is 0 Å². The Balaban J connectivity index is 1.29. The fraction of sp³-hybridized carbons (Fsp3) is 0.333. The van der Waals surface area contributed by atoms with Crippen molar-refractivity contribution >= 4 is 5.78 Å². The number of nitrogens with one attached hydrogen (secondary N) is 1. The molecular formula is C24H27N5O3. The lowest BCUT2D eigenvalue weighted by Crippen LogP contribution is -2.23. The molecule has 0 aliphatic carbocycles. The average molecular weight is 434 g/mol. The van der Waals surface area contributed by atoms with Crippen LogP contribution in [0.1, 0.15) is 53.1 Å². The molecule has 0 radical (unpaired) electrons. The number of H-pyrrole nitrogens is 1. The minimum Gasteiger partial charge on any atom is -0.445 e. The molecule has 8 nitrogen and oxygen atoms in total. The second-order valence-electron chi connectivity index (χ2n) is 7.82. The second kappa shape index (κ2) is 10.2. The summed E-state index contributed by atoms with van der Waals surface area (Å²) in [7, 11) is 0. The highest BCUT2D eigenvalue weighted by molar-refractivity contribution is 5.95. The lowest BCUT2D eigenvalue weighted by molar-refractivity contribution is 0.0972. The van der Waals surface area contributed by atoms with E-state index in [1.165, 1.54) is 0 Å². The number of aromatic amines is 1. The van der Waals surface area contributed by atoms with Gasteiger partial charge >= 0.3 is 0 Å². The third-order valence-corrected chi connectivity index (χ3v) is 5.17. The molecule has 1 aromatic carbocycles. The second-order valence-corrected chi connectivity index (χ2v) is 7.82. The van der Waals surface area contributed by atoms with Crippen LogP contribution < -0.4 is 0 Å². The number of rotatable bonds is 11. The summed E-state index contributed by atoms with van der Waals surface area (Å²) in [6, 6.07) is 11.6. The largest absolute Gasteiger partial charge is 0.445 e. The number of carbonyl (C=O) groups is 1. The van der Waals surface area contributed by atoms with Crippen molar-refractivity contribution in [2.24, 2.45) is 0 Å². The van der Waals surface area contributed by atoms with Gasteiger partial charge in [-0.1, -0.05) is 30.3 Å². The smallest absolute Gasteiger partial charge is 0.191 e. The van der Waals surface area contributed by atoms with Crippen molar-refractivity contribution in [1.82, 2.24) is 25.1 Å². The zero-order valence-corrected chi connectivity index (χ0v) is 18.4. The van der Waals surface area contributed by atoms with Gasteiger partial charge in [0.1, 0.15) is 17.2 Å². The van der Waals surface area contributed by atoms with E-state index in [-0.39, 0.29) is 5.78 Å². The molecule has 0 unspecified atom stereocenters. The number of oxazole rings is 2. The number of nitrogens with zero attached hydrogens (tertiary/aromatic N) is 4. The zero-order chi connectivity index (χ0) is 22.3. The van der Waals surface area contributed by atoms with Gasteiger partial charge in [0.2, 0.25) is 0 Å². The van der Waals surface area contributed by atoms with Gasteiger partial charge in [-0.3, -0.25) is 14.8 Å². The topological polar surface area (TPSA) is 101 Å². The Bertz CT molecular complexity index is 1100. The van der Waals surface area contributed by atoms with E-state index in [0.717, 1.165) is 42.2 Å². The molecule has 32 heavy (non-hydrogen) atoms. The highest BCUT2D eigenvalue weighted by Gasteiger charge is 2.14. The van der Waals surface area contributed by atoms with Crippen LogP contribution in [0.4, 0.5) is 0 Å². The van der Waals surface area contributed by atoms with Gasteiger partial charge in [0.05, 0.1) is 31.2 Å². The van der Waals surface area contributed by atoms with Crippen molar-refractivity contribution in [3.8, 4) is 11.3 Å². The Kier molecular flexibility index (Phi) is 6.91. The summed E-state index contributed by atoms with van der Waals surface area (Å²) in [5.41, 5.74) is 2.32. The van der Waals surface area contributed by atoms with Crippen molar-refractivity contribution in [3.63, 3.8) is 0 Å². The van der Waals surface area contributed by atoms with Crippen LogP contribution >= 0.6 is 0 Å². The van der Waals surface area contributed by atoms with Crippen LogP contribution in [0, 0.1) is 13.8 Å². The van der Waals surface area contributed by atoms with Gasteiger partial charge in [-0.05, 0) is 25.5 Å². The third kappa shape index (κ3) is 5.79. The summed E-state index contributed by atoms with van der Waals surface area (Å²) in [5, 5.41) is 7.15. The molecule has 4 rings (SSSR count). The fourth-order valence-corrected chi connectivity index (χ4v) is 3.59. The van der Waals surface area contributed by atoms with Crippen molar-refractivity contribution in [2.75, 3.05) is 6.54 Å². The van der Waals surface area contributed by atoms with E-state index < -0.39 is 0 Å². The van der Waals surface area contributed by atoms with Gasteiger partial charge in [0.25, 0.3) is 0 Å². The molecule has 3 aromatic heterocycles. The lowest BCUT2D eigenvalue weighted by atomic mass is 10.1. The Morgan fingerprint density at radius 3 is 2.22 bits per heavy atom. The van der Waals surface area contributed by atoms with Gasteiger partial charge < -0.3 is 8.83 Å². The maximum absolute atomic E-state index is 12.6. The lowest BCUT2D eigenvalue weighted by Gasteiger charge is -2.19. The third-order valence-electron chi connectivity index (χ3n) is 5.17. The molecule has 0 fully saturated rings. The summed E-state index contributed by atoms with van der Waals surface area (Å²) in [5.74, 6) is 2.98. The molecule has 4 aromatic rings. The molecule has 0 saturated heterocycles. The van der Waals surface area contributed by atoms with E-state index in [2.05, 4.69) is 25.1 Å². The molecule has 1 N–H and O–H groups in total. The van der Waals surface area contributed by atoms with Gasteiger partial charge in [0, 0.05) is 25.8 Å². The van der Waals surface area contributed by atoms with Crippen LogP contribution in [0.3, 0.4) is 0 Å². The monoisotopic (exact) mass is 433 g/mol. The van der Waals surface area contributed by atoms with Crippen LogP contribution in [0.5, 0.6) is 0 Å². The molecule has 0 bridgehead atoms. The maximum Gasteiger partial charge on any atom is 0.191 e. The first-order valence-corrected chi connectivity index (χ1v) is 10.8. The predicted molar refractivity (Wildman–Crippen MR) is 119 cm³/mol. The van der Waals surface area contributed by atoms with Crippen molar-refractivity contribution in [1.29, 1.82) is 0 Å². The van der Waals surface area contributed by atoms with E-state index in [4.69, 9.17) is 8.83 Å². The molecule has 0 atom stereocenters. The molecule has 0 aliphatic heterocycles. The van der Waals surface area contributed by atoms with Gasteiger partial charge in [-0.2, -0.15) is 5.10 Å². The maximum atomic E-state index is 12.6. The number of hydrogen-bond donors (Lipinski definition) is 1. The van der Waals surface area contributed by atoms with Crippen molar-refractivity contribution in [2.45, 2.75) is 46.2 Å². The summed E-state index contributed by atoms with van der Waals surface area (Å²) in [4.78, 5) is 23.2. The number of hydrogen-bond acceptors (Lipinski definition) is 7. The first kappa shape index (κ1) is 21.7. The van der Waals surface area contributed by atoms with Crippen molar-refractivity contribution in [3.05, 3.63) is 77.8 Å². The van der Waals surface area contributed by atoms with E-state index in [1.807, 2.05) is 50.2 Å². The van der Waals surface area contributed by atoms with Crippen LogP contribution in [0.15, 0.2) is 57.6 Å². The molecule has 8 heteroatoms. The molecule has 166 valence electrons. The quantitative estimate of drug-likeness (QED) is 0.270. The fourth-order valence-electron chi connectivity index (χ4n) is 3.59. The van der Waals surface area contributed by atoms with Crippen LogP contribution in [-0.2, 0) is 13.1 Å². The van der Waals surface area contributed by atoms with E-state index >= 15 is 0 Å². The molecule has 0 saturated carbocycles. The molecule has 0 spiro atoms. The number of unbranched alkanes of at least 4 members (excludes halogenated alkanes) is 1. The van der Waals surface area contributed by atoms with Gasteiger partial charge in [-0.25, -0.2) is 9.97 Å². The van der Waals surface area contributed by atoms with E-state index in [1.54, 1.807) is 12.4 Å². The normalized spacial score (nSPS) is 11.3. The SMILES string of the molecule is Cc1ncc(CN(CCCCC(=O)c2cc(-c3ccccc3)n[nH]2)Cc2cnc(C)o2)o1. The Morgan fingerprint density at radius 1 is 0.969 bits per heavy atom. The van der Waals surface area contributed by atoms with E-state index in [9.17, 15) is 4.79 Å². The highest BCUT2D eigenvalue weighted by atomic mass is 16.4. The van der Waals surface area contributed by atoms with Gasteiger partial charge in [0.15, 0.2) is 17.6 Å². The Hall–Kier alpha value is -3.52. The van der Waals surface area contributed by atoms with E-state index in [0.29, 0.717) is 37.0 Å². The molecular weight excluding hydrogens is 406 g/mol. The first-order chi connectivity index (χ1) is 15.6. The average Bonchev–Trinajstić information content (AvgIpc) is 3.53. The first-order valence-electron chi connectivity index (χ1n) is 10.8. The molecule has 0 amide bonds. The number of aryl methyl sites for hydroxylation is 2. The predicted octanol–water partition coefficient (Wildman–Crippen LogP) is 4.72. The Labute approximate surface area is 186 Å². The minimum atomic E-state index is 0.0722. The molecule has 3 heterocycles. The zero-order valence-electron chi connectivity index (χ0n) is 18.4. The number of Topliss-reactive ketones (excluding diaryl/α,β-unsaturated/α-hetero) is 1. The standard InChI is InChI=1S/C24H27N5O3/c1-17-25-13-20(31-17)15-29(16-21-14-26-18(2)32-21)11-7-6-10-24(30)23-12-22(27-28-23)19-8-4-3-5-9-19/h3-5,8-9,12-14H,6-7,10-11,15-16H2,1-2H3,(H,27,28). The van der Waals surface area contributed by atoms with Crippen molar-refractivity contribution < 1.29 is 13.6 Å². The summed E-state index contributed by atoms with van der Waals surface area (Å²) in [6.45, 7) is 5.70. The number of aromatic nitrogens is 4. The minimum absolute atomic E-state index is 0.0722. The number of carbonyl (C=O) groups excluding carboxylic acids is 1. The summed E-state index contributed by atoms with van der Waals surface area (Å²) >= 11 is 0.